The van der Waals surface area contributed by atoms with Crippen LogP contribution in [0, 0.1) is 13.8 Å². The standard InChI is InChI=1S/C16H18BrNO2/c1-10-6-5-7-11(2)14(10)20-15-13(17)8-12(9-18-15)16(3,4)19/h5-9,19H,1-4H3. The van der Waals surface area contributed by atoms with E-state index in [4.69, 9.17) is 4.74 Å². The maximum absolute atomic E-state index is 9.98. The lowest BCUT2D eigenvalue weighted by Gasteiger charge is -2.18. The van der Waals surface area contributed by atoms with Gasteiger partial charge in [0.2, 0.25) is 5.88 Å². The average Bonchev–Trinajstić information content (AvgIpc) is 2.34. The normalized spacial score (nSPS) is 11.5. The fourth-order valence-electron chi connectivity index (χ4n) is 1.89. The van der Waals surface area contributed by atoms with E-state index in [9.17, 15) is 5.11 Å². The fraction of sp³-hybridized carbons (Fsp3) is 0.312. The Hall–Kier alpha value is -1.39. The van der Waals surface area contributed by atoms with E-state index in [0.29, 0.717) is 5.88 Å². The van der Waals surface area contributed by atoms with E-state index in [1.807, 2.05) is 38.1 Å². The molecule has 1 aromatic heterocycles. The van der Waals surface area contributed by atoms with E-state index in [-0.39, 0.29) is 0 Å². The van der Waals surface area contributed by atoms with Crippen molar-refractivity contribution in [1.82, 2.24) is 4.98 Å². The first kappa shape index (κ1) is 15.0. The Balaban J connectivity index is 2.36. The van der Waals surface area contributed by atoms with Crippen LogP contribution in [-0.4, -0.2) is 10.1 Å². The number of aryl methyl sites for hydroxylation is 2. The molecule has 0 unspecified atom stereocenters. The van der Waals surface area contributed by atoms with Gasteiger partial charge in [0.15, 0.2) is 0 Å². The lowest BCUT2D eigenvalue weighted by Crippen LogP contribution is -2.15. The number of rotatable bonds is 3. The molecule has 1 heterocycles. The predicted octanol–water partition coefficient (Wildman–Crippen LogP) is 4.48. The number of ether oxygens (including phenoxy) is 1. The minimum Gasteiger partial charge on any atom is -0.437 e. The maximum Gasteiger partial charge on any atom is 0.233 e. The van der Waals surface area contributed by atoms with E-state index in [1.165, 1.54) is 0 Å². The van der Waals surface area contributed by atoms with Gasteiger partial charge in [-0.05, 0) is 60.8 Å². The zero-order valence-electron chi connectivity index (χ0n) is 12.1. The number of hydrogen-bond acceptors (Lipinski definition) is 3. The molecule has 0 aliphatic heterocycles. The topological polar surface area (TPSA) is 42.4 Å². The summed E-state index contributed by atoms with van der Waals surface area (Å²) in [5, 5.41) is 9.98. The summed E-state index contributed by atoms with van der Waals surface area (Å²) < 4.78 is 6.62. The third-order valence-corrected chi connectivity index (χ3v) is 3.69. The molecule has 2 rings (SSSR count). The van der Waals surface area contributed by atoms with Crippen LogP contribution in [0.2, 0.25) is 0 Å². The van der Waals surface area contributed by atoms with E-state index in [1.54, 1.807) is 20.0 Å². The molecule has 0 aliphatic carbocycles. The Labute approximate surface area is 127 Å². The van der Waals surface area contributed by atoms with Crippen molar-refractivity contribution < 1.29 is 9.84 Å². The average molecular weight is 336 g/mol. The molecule has 0 saturated heterocycles. The highest BCUT2D eigenvalue weighted by Gasteiger charge is 2.18. The van der Waals surface area contributed by atoms with Gasteiger partial charge in [-0.2, -0.15) is 0 Å². The Bertz CT molecular complexity index is 613. The van der Waals surface area contributed by atoms with Crippen molar-refractivity contribution in [3.8, 4) is 11.6 Å². The lowest BCUT2D eigenvalue weighted by molar-refractivity contribution is 0.0781. The number of aliphatic hydroxyl groups is 1. The van der Waals surface area contributed by atoms with E-state index < -0.39 is 5.60 Å². The molecule has 4 heteroatoms. The van der Waals surface area contributed by atoms with Crippen LogP contribution >= 0.6 is 15.9 Å². The van der Waals surface area contributed by atoms with Crippen LogP contribution in [0.15, 0.2) is 34.9 Å². The summed E-state index contributed by atoms with van der Waals surface area (Å²) >= 11 is 3.45. The molecule has 0 spiro atoms. The largest absolute Gasteiger partial charge is 0.437 e. The van der Waals surface area contributed by atoms with Crippen LogP contribution in [0.3, 0.4) is 0 Å². The zero-order valence-corrected chi connectivity index (χ0v) is 13.7. The van der Waals surface area contributed by atoms with Gasteiger partial charge in [0, 0.05) is 11.8 Å². The molecule has 0 saturated carbocycles. The van der Waals surface area contributed by atoms with Crippen molar-refractivity contribution in [3.63, 3.8) is 0 Å². The van der Waals surface area contributed by atoms with Gasteiger partial charge in [-0.1, -0.05) is 18.2 Å². The van der Waals surface area contributed by atoms with Gasteiger partial charge in [-0.25, -0.2) is 4.98 Å². The molecule has 1 aromatic carbocycles. The molecule has 0 atom stereocenters. The van der Waals surface area contributed by atoms with E-state index in [0.717, 1.165) is 26.9 Å². The van der Waals surface area contributed by atoms with Crippen LogP contribution in [-0.2, 0) is 5.60 Å². The van der Waals surface area contributed by atoms with Gasteiger partial charge in [-0.15, -0.1) is 0 Å². The first-order chi connectivity index (χ1) is 9.29. The SMILES string of the molecule is Cc1cccc(C)c1Oc1ncc(C(C)(C)O)cc1Br. The molecule has 3 nitrogen and oxygen atoms in total. The van der Waals surface area contributed by atoms with E-state index >= 15 is 0 Å². The summed E-state index contributed by atoms with van der Waals surface area (Å²) in [5.74, 6) is 1.31. The highest BCUT2D eigenvalue weighted by molar-refractivity contribution is 9.10. The summed E-state index contributed by atoms with van der Waals surface area (Å²) in [7, 11) is 0. The number of para-hydroxylation sites is 1. The Morgan fingerprint density at radius 2 is 1.80 bits per heavy atom. The number of hydrogen-bond donors (Lipinski definition) is 1. The van der Waals surface area contributed by atoms with Gasteiger partial charge < -0.3 is 9.84 Å². The highest BCUT2D eigenvalue weighted by atomic mass is 79.9. The van der Waals surface area contributed by atoms with Crippen LogP contribution in [0.25, 0.3) is 0 Å². The van der Waals surface area contributed by atoms with Crippen LogP contribution in [0.5, 0.6) is 11.6 Å². The molecule has 2 aromatic rings. The van der Waals surface area contributed by atoms with Crippen molar-refractivity contribution in [2.75, 3.05) is 0 Å². The molecule has 0 radical (unpaired) electrons. The molecule has 0 bridgehead atoms. The monoisotopic (exact) mass is 335 g/mol. The fourth-order valence-corrected chi connectivity index (χ4v) is 2.32. The van der Waals surface area contributed by atoms with Crippen molar-refractivity contribution in [2.24, 2.45) is 0 Å². The molecule has 0 aliphatic rings. The van der Waals surface area contributed by atoms with Gasteiger partial charge in [0.1, 0.15) is 5.75 Å². The zero-order chi connectivity index (χ0) is 14.9. The number of nitrogens with zero attached hydrogens (tertiary/aromatic N) is 1. The van der Waals surface area contributed by atoms with Crippen LogP contribution in [0.4, 0.5) is 0 Å². The quantitative estimate of drug-likeness (QED) is 0.899. The molecular formula is C16H18BrNO2. The smallest absolute Gasteiger partial charge is 0.233 e. The van der Waals surface area contributed by atoms with Crippen LogP contribution < -0.4 is 4.74 Å². The highest BCUT2D eigenvalue weighted by Crippen LogP contribution is 2.33. The minimum absolute atomic E-state index is 0.496. The second kappa shape index (κ2) is 5.54. The summed E-state index contributed by atoms with van der Waals surface area (Å²) in [5.41, 5.74) is 1.93. The molecule has 1 N–H and O–H groups in total. The second-order valence-electron chi connectivity index (χ2n) is 5.39. The third kappa shape index (κ3) is 3.19. The van der Waals surface area contributed by atoms with Crippen molar-refractivity contribution in [2.45, 2.75) is 33.3 Å². The minimum atomic E-state index is -0.924. The first-order valence-corrected chi connectivity index (χ1v) is 7.21. The third-order valence-electron chi connectivity index (χ3n) is 3.12. The number of benzene rings is 1. The Morgan fingerprint density at radius 1 is 1.20 bits per heavy atom. The predicted molar refractivity (Wildman–Crippen MR) is 83.2 cm³/mol. The first-order valence-electron chi connectivity index (χ1n) is 6.41. The summed E-state index contributed by atoms with van der Waals surface area (Å²) in [6.07, 6.45) is 1.63. The van der Waals surface area contributed by atoms with E-state index in [2.05, 4.69) is 20.9 Å². The molecule has 106 valence electrons. The lowest BCUT2D eigenvalue weighted by atomic mass is 10.0. The molecule has 0 fully saturated rings. The van der Waals surface area contributed by atoms with Gasteiger partial charge >= 0.3 is 0 Å². The number of halogens is 1. The number of pyridine rings is 1. The number of aromatic nitrogens is 1. The summed E-state index contributed by atoms with van der Waals surface area (Å²) in [4.78, 5) is 4.29. The van der Waals surface area contributed by atoms with Crippen molar-refractivity contribution in [1.29, 1.82) is 0 Å². The molecular weight excluding hydrogens is 318 g/mol. The second-order valence-corrected chi connectivity index (χ2v) is 6.25. The van der Waals surface area contributed by atoms with Gasteiger partial charge in [0.25, 0.3) is 0 Å². The molecule has 0 amide bonds. The van der Waals surface area contributed by atoms with Crippen molar-refractivity contribution in [3.05, 3.63) is 51.6 Å². The Morgan fingerprint density at radius 3 is 2.30 bits per heavy atom. The Kier molecular flexibility index (Phi) is 4.16. The van der Waals surface area contributed by atoms with Crippen LogP contribution in [0.1, 0.15) is 30.5 Å². The van der Waals surface area contributed by atoms with Gasteiger partial charge in [-0.3, -0.25) is 0 Å². The molecule has 20 heavy (non-hydrogen) atoms. The maximum atomic E-state index is 9.98. The van der Waals surface area contributed by atoms with Gasteiger partial charge in [0.05, 0.1) is 10.1 Å². The summed E-state index contributed by atoms with van der Waals surface area (Å²) in [6.45, 7) is 7.45. The van der Waals surface area contributed by atoms with Crippen molar-refractivity contribution >= 4 is 15.9 Å². The summed E-state index contributed by atoms with van der Waals surface area (Å²) in [6, 6.07) is 7.83.